The molecule has 1 aromatic carbocycles. The Morgan fingerprint density at radius 1 is 1.22 bits per heavy atom. The molecular weight excluding hydrogens is 312 g/mol. The van der Waals surface area contributed by atoms with Crippen LogP contribution in [-0.2, 0) is 7.05 Å². The van der Waals surface area contributed by atoms with Gasteiger partial charge in [0.15, 0.2) is 0 Å². The number of nitrogens with zero attached hydrogens (tertiary/aromatic N) is 4. The topological polar surface area (TPSA) is 52.7 Å². The third-order valence-electron chi connectivity index (χ3n) is 3.27. The van der Waals surface area contributed by atoms with Crippen molar-refractivity contribution < 1.29 is 0 Å². The minimum atomic E-state index is -0.179. The highest BCUT2D eigenvalue weighted by Gasteiger charge is 2.06. The van der Waals surface area contributed by atoms with Crippen LogP contribution in [0.5, 0.6) is 0 Å². The molecular formula is C17H13ClN4O. The van der Waals surface area contributed by atoms with Gasteiger partial charge in [0, 0.05) is 29.9 Å². The van der Waals surface area contributed by atoms with E-state index in [0.29, 0.717) is 16.4 Å². The zero-order valence-electron chi connectivity index (χ0n) is 12.6. The molecule has 0 aliphatic carbocycles. The number of rotatable bonds is 1. The summed E-state index contributed by atoms with van der Waals surface area (Å²) in [5, 5.41) is 4.66. The Labute approximate surface area is 138 Å². The van der Waals surface area contributed by atoms with Crippen LogP contribution in [0.4, 0.5) is 0 Å². The molecule has 3 rings (SSSR count). The minimum absolute atomic E-state index is 0.179. The zero-order chi connectivity index (χ0) is 16.4. The summed E-state index contributed by atoms with van der Waals surface area (Å²) in [6.07, 6.45) is 3.40. The van der Waals surface area contributed by atoms with Crippen LogP contribution in [0, 0.1) is 18.8 Å². The van der Waals surface area contributed by atoms with Crippen molar-refractivity contribution >= 4 is 11.6 Å². The first kappa shape index (κ1) is 15.1. The molecule has 0 N–H and O–H groups in total. The average molecular weight is 325 g/mol. The van der Waals surface area contributed by atoms with Gasteiger partial charge in [0.05, 0.1) is 11.9 Å². The first-order valence-corrected chi connectivity index (χ1v) is 7.28. The first-order valence-electron chi connectivity index (χ1n) is 6.90. The van der Waals surface area contributed by atoms with E-state index < -0.39 is 0 Å². The molecule has 2 heterocycles. The Morgan fingerprint density at radius 2 is 2.04 bits per heavy atom. The molecule has 3 aromatic rings. The standard InChI is InChI=1S/C17H13ClN4O/c1-12-20-15(7-6-13-4-3-5-14(18)8-13)11-22(12)16-9-17(23)21(2)19-10-16/h3-5,8-11H,1-2H3. The van der Waals surface area contributed by atoms with Crippen molar-refractivity contribution in [1.29, 1.82) is 0 Å². The third kappa shape index (κ3) is 3.33. The van der Waals surface area contributed by atoms with E-state index in [1.54, 1.807) is 36.1 Å². The van der Waals surface area contributed by atoms with Crippen molar-refractivity contribution in [1.82, 2.24) is 19.3 Å². The van der Waals surface area contributed by atoms with Crippen LogP contribution >= 0.6 is 11.6 Å². The predicted octanol–water partition coefficient (Wildman–Crippen LogP) is 2.33. The summed E-state index contributed by atoms with van der Waals surface area (Å²) in [7, 11) is 1.61. The number of halogens is 1. The first-order chi connectivity index (χ1) is 11.0. The van der Waals surface area contributed by atoms with Crippen molar-refractivity contribution in [3.8, 4) is 17.5 Å². The Morgan fingerprint density at radius 3 is 2.78 bits per heavy atom. The normalized spacial score (nSPS) is 10.2. The summed E-state index contributed by atoms with van der Waals surface area (Å²) in [4.78, 5) is 16.1. The van der Waals surface area contributed by atoms with Gasteiger partial charge in [-0.25, -0.2) is 9.67 Å². The molecule has 0 aliphatic rings. The minimum Gasteiger partial charge on any atom is -0.301 e. The highest BCUT2D eigenvalue weighted by atomic mass is 35.5. The molecule has 0 radical (unpaired) electrons. The maximum Gasteiger partial charge on any atom is 0.268 e. The van der Waals surface area contributed by atoms with E-state index in [-0.39, 0.29) is 5.56 Å². The fraction of sp³-hybridized carbons (Fsp3) is 0.118. The van der Waals surface area contributed by atoms with Crippen molar-refractivity contribution in [2.45, 2.75) is 6.92 Å². The molecule has 0 fully saturated rings. The van der Waals surface area contributed by atoms with Gasteiger partial charge >= 0.3 is 0 Å². The van der Waals surface area contributed by atoms with Gasteiger partial charge in [-0.1, -0.05) is 23.6 Å². The SMILES string of the molecule is Cc1nc(C#Cc2cccc(Cl)c2)cn1-c1cnn(C)c(=O)c1. The quantitative estimate of drug-likeness (QED) is 0.646. The number of aryl methyl sites for hydroxylation is 2. The fourth-order valence-corrected chi connectivity index (χ4v) is 2.28. The van der Waals surface area contributed by atoms with E-state index in [1.165, 1.54) is 10.7 Å². The molecule has 0 saturated carbocycles. The maximum absolute atomic E-state index is 11.7. The van der Waals surface area contributed by atoms with Gasteiger partial charge in [0.2, 0.25) is 0 Å². The number of benzene rings is 1. The van der Waals surface area contributed by atoms with Crippen LogP contribution in [0.25, 0.3) is 5.69 Å². The van der Waals surface area contributed by atoms with Crippen molar-refractivity contribution in [3.63, 3.8) is 0 Å². The Kier molecular flexibility index (Phi) is 4.00. The van der Waals surface area contributed by atoms with E-state index in [9.17, 15) is 4.79 Å². The van der Waals surface area contributed by atoms with Crippen molar-refractivity contribution in [3.05, 3.63) is 75.2 Å². The summed E-state index contributed by atoms with van der Waals surface area (Å²) >= 11 is 5.94. The van der Waals surface area contributed by atoms with Crippen molar-refractivity contribution in [2.24, 2.45) is 7.05 Å². The lowest BCUT2D eigenvalue weighted by Gasteiger charge is -2.03. The summed E-state index contributed by atoms with van der Waals surface area (Å²) in [5.41, 5.74) is 1.92. The second-order valence-electron chi connectivity index (χ2n) is 4.98. The van der Waals surface area contributed by atoms with Crippen molar-refractivity contribution in [2.75, 3.05) is 0 Å². The van der Waals surface area contributed by atoms with E-state index >= 15 is 0 Å². The second kappa shape index (κ2) is 6.11. The maximum atomic E-state index is 11.7. The van der Waals surface area contributed by atoms with Crippen LogP contribution in [0.1, 0.15) is 17.1 Å². The lowest BCUT2D eigenvalue weighted by molar-refractivity contribution is 0.701. The van der Waals surface area contributed by atoms with E-state index in [0.717, 1.165) is 11.4 Å². The lowest BCUT2D eigenvalue weighted by Crippen LogP contribution is -2.19. The van der Waals surface area contributed by atoms with E-state index in [4.69, 9.17) is 11.6 Å². The Hall–Kier alpha value is -2.84. The summed E-state index contributed by atoms with van der Waals surface area (Å²) in [5.74, 6) is 6.76. The van der Waals surface area contributed by atoms with Crippen LogP contribution in [0.15, 0.2) is 47.5 Å². The zero-order valence-corrected chi connectivity index (χ0v) is 13.4. The molecule has 23 heavy (non-hydrogen) atoms. The molecule has 6 heteroatoms. The Bertz CT molecular complexity index is 992. The van der Waals surface area contributed by atoms with E-state index in [1.807, 2.05) is 19.1 Å². The number of aromatic nitrogens is 4. The molecule has 0 atom stereocenters. The van der Waals surface area contributed by atoms with Crippen LogP contribution in [0.3, 0.4) is 0 Å². The van der Waals surface area contributed by atoms with Crippen LogP contribution in [0.2, 0.25) is 5.02 Å². The molecule has 0 saturated heterocycles. The van der Waals surface area contributed by atoms with Gasteiger partial charge in [-0.2, -0.15) is 5.10 Å². The molecule has 5 nitrogen and oxygen atoms in total. The smallest absolute Gasteiger partial charge is 0.268 e. The molecule has 0 amide bonds. The summed E-state index contributed by atoms with van der Waals surface area (Å²) < 4.78 is 3.06. The predicted molar refractivity (Wildman–Crippen MR) is 88.8 cm³/mol. The van der Waals surface area contributed by atoms with Gasteiger partial charge in [-0.05, 0) is 31.0 Å². The van der Waals surface area contributed by atoms with E-state index in [2.05, 4.69) is 21.9 Å². The highest BCUT2D eigenvalue weighted by molar-refractivity contribution is 6.30. The third-order valence-corrected chi connectivity index (χ3v) is 3.51. The molecule has 0 spiro atoms. The molecule has 0 aliphatic heterocycles. The average Bonchev–Trinajstić information content (AvgIpc) is 2.89. The molecule has 114 valence electrons. The highest BCUT2D eigenvalue weighted by Crippen LogP contribution is 2.11. The van der Waals surface area contributed by atoms with Crippen LogP contribution < -0.4 is 5.56 Å². The molecule has 2 aromatic heterocycles. The Balaban J connectivity index is 1.95. The van der Waals surface area contributed by atoms with Gasteiger partial charge < -0.3 is 4.57 Å². The van der Waals surface area contributed by atoms with Gasteiger partial charge in [0.1, 0.15) is 11.5 Å². The number of hydrogen-bond donors (Lipinski definition) is 0. The van der Waals surface area contributed by atoms with Gasteiger partial charge in [-0.3, -0.25) is 4.79 Å². The lowest BCUT2D eigenvalue weighted by atomic mass is 10.2. The second-order valence-corrected chi connectivity index (χ2v) is 5.42. The summed E-state index contributed by atoms with van der Waals surface area (Å²) in [6.45, 7) is 1.85. The molecule has 0 unspecified atom stereocenters. The van der Waals surface area contributed by atoms with Gasteiger partial charge in [0.25, 0.3) is 5.56 Å². The fourth-order valence-electron chi connectivity index (χ4n) is 2.09. The van der Waals surface area contributed by atoms with Gasteiger partial charge in [-0.15, -0.1) is 0 Å². The summed E-state index contributed by atoms with van der Waals surface area (Å²) in [6, 6.07) is 8.84. The number of imidazole rings is 1. The number of hydrogen-bond acceptors (Lipinski definition) is 3. The monoisotopic (exact) mass is 324 g/mol. The molecule has 0 bridgehead atoms. The largest absolute Gasteiger partial charge is 0.301 e. The van der Waals surface area contributed by atoms with Crippen LogP contribution in [-0.4, -0.2) is 19.3 Å².